The lowest BCUT2D eigenvalue weighted by atomic mass is 10.1. The number of nitrogens with one attached hydrogen (secondary N) is 1. The molecule has 3 rings (SSSR count). The second-order valence-electron chi connectivity index (χ2n) is 6.94. The lowest BCUT2D eigenvalue weighted by molar-refractivity contribution is -0.120. The smallest absolute Gasteiger partial charge is 0.241 e. The largest absolute Gasteiger partial charge is 0.495 e. The SMILES string of the molecule is COc1cc(Cl)c(C)cc1NC(=O)[C@@H](C)N1CCN(c2ccccc2Cl)CC1. The molecule has 1 fully saturated rings. The van der Waals surface area contributed by atoms with Crippen molar-refractivity contribution in [3.05, 3.63) is 52.0 Å². The Morgan fingerprint density at radius 1 is 1.11 bits per heavy atom. The number of aryl methyl sites for hydroxylation is 1. The molecule has 150 valence electrons. The number of carbonyl (C=O) groups is 1. The minimum atomic E-state index is -0.255. The highest BCUT2D eigenvalue weighted by Crippen LogP contribution is 2.31. The third-order valence-electron chi connectivity index (χ3n) is 5.17. The van der Waals surface area contributed by atoms with Crippen LogP contribution in [0.4, 0.5) is 11.4 Å². The molecule has 2 aromatic rings. The summed E-state index contributed by atoms with van der Waals surface area (Å²) in [5.74, 6) is 0.492. The van der Waals surface area contributed by atoms with Gasteiger partial charge in [0.25, 0.3) is 0 Å². The lowest BCUT2D eigenvalue weighted by Crippen LogP contribution is -2.52. The average Bonchev–Trinajstić information content (AvgIpc) is 2.70. The Hall–Kier alpha value is -1.95. The first-order chi connectivity index (χ1) is 13.4. The Morgan fingerprint density at radius 2 is 1.79 bits per heavy atom. The topological polar surface area (TPSA) is 44.8 Å². The van der Waals surface area contributed by atoms with Gasteiger partial charge in [0.15, 0.2) is 0 Å². The number of rotatable bonds is 5. The highest BCUT2D eigenvalue weighted by Gasteiger charge is 2.27. The standard InChI is InChI=1S/C21H25Cl2N3O2/c1-14-12-18(20(28-3)13-17(14)23)24-21(27)15(2)25-8-10-26(11-9-25)19-7-5-4-6-16(19)22/h4-7,12-13,15H,8-11H2,1-3H3,(H,24,27)/t15-/m1/s1. The van der Waals surface area contributed by atoms with E-state index in [2.05, 4.69) is 15.1 Å². The van der Waals surface area contributed by atoms with Gasteiger partial charge in [0.2, 0.25) is 5.91 Å². The summed E-state index contributed by atoms with van der Waals surface area (Å²) < 4.78 is 5.35. The van der Waals surface area contributed by atoms with Crippen molar-refractivity contribution in [2.45, 2.75) is 19.9 Å². The molecule has 1 aliphatic rings. The van der Waals surface area contributed by atoms with Gasteiger partial charge in [-0.1, -0.05) is 35.3 Å². The van der Waals surface area contributed by atoms with Gasteiger partial charge in [-0.25, -0.2) is 0 Å². The maximum atomic E-state index is 12.8. The Balaban J connectivity index is 1.62. The summed E-state index contributed by atoms with van der Waals surface area (Å²) in [6.07, 6.45) is 0. The van der Waals surface area contributed by atoms with E-state index >= 15 is 0 Å². The molecule has 1 saturated heterocycles. The van der Waals surface area contributed by atoms with E-state index in [0.29, 0.717) is 16.5 Å². The summed E-state index contributed by atoms with van der Waals surface area (Å²) in [4.78, 5) is 17.2. The molecule has 28 heavy (non-hydrogen) atoms. The first-order valence-electron chi connectivity index (χ1n) is 9.29. The van der Waals surface area contributed by atoms with Gasteiger partial charge in [0.1, 0.15) is 5.75 Å². The highest BCUT2D eigenvalue weighted by molar-refractivity contribution is 6.33. The molecular formula is C21H25Cl2N3O2. The zero-order valence-corrected chi connectivity index (χ0v) is 17.8. The minimum Gasteiger partial charge on any atom is -0.495 e. The number of hydrogen-bond acceptors (Lipinski definition) is 4. The van der Waals surface area contributed by atoms with Crippen LogP contribution in [-0.4, -0.2) is 50.1 Å². The molecule has 2 aromatic carbocycles. The Morgan fingerprint density at radius 3 is 2.43 bits per heavy atom. The number of amides is 1. The molecule has 0 aromatic heterocycles. The van der Waals surface area contributed by atoms with Gasteiger partial charge in [0, 0.05) is 37.3 Å². The van der Waals surface area contributed by atoms with E-state index in [4.69, 9.17) is 27.9 Å². The fourth-order valence-electron chi connectivity index (χ4n) is 3.39. The molecule has 1 amide bonds. The number of para-hydroxylation sites is 1. The van der Waals surface area contributed by atoms with Gasteiger partial charge in [-0.15, -0.1) is 0 Å². The molecule has 1 atom stereocenters. The molecule has 5 nitrogen and oxygen atoms in total. The molecule has 0 aliphatic carbocycles. The predicted octanol–water partition coefficient (Wildman–Crippen LogP) is 4.46. The van der Waals surface area contributed by atoms with E-state index in [1.54, 1.807) is 13.2 Å². The minimum absolute atomic E-state index is 0.0637. The monoisotopic (exact) mass is 421 g/mol. The van der Waals surface area contributed by atoms with Crippen molar-refractivity contribution in [1.29, 1.82) is 0 Å². The molecule has 1 N–H and O–H groups in total. The summed E-state index contributed by atoms with van der Waals surface area (Å²) in [6, 6.07) is 11.2. The summed E-state index contributed by atoms with van der Waals surface area (Å²) in [5, 5.41) is 4.35. The summed E-state index contributed by atoms with van der Waals surface area (Å²) in [5.41, 5.74) is 2.57. The first-order valence-corrected chi connectivity index (χ1v) is 10.0. The van der Waals surface area contributed by atoms with Crippen molar-refractivity contribution in [2.24, 2.45) is 0 Å². The van der Waals surface area contributed by atoms with E-state index in [0.717, 1.165) is 42.5 Å². The molecule has 0 radical (unpaired) electrons. The number of halogens is 2. The average molecular weight is 422 g/mol. The molecular weight excluding hydrogens is 397 g/mol. The normalized spacial score (nSPS) is 16.0. The maximum Gasteiger partial charge on any atom is 0.241 e. The number of anilines is 2. The van der Waals surface area contributed by atoms with Gasteiger partial charge in [-0.05, 0) is 37.6 Å². The predicted molar refractivity (Wildman–Crippen MR) is 116 cm³/mol. The molecule has 1 heterocycles. The van der Waals surface area contributed by atoms with Crippen LogP contribution in [0.1, 0.15) is 12.5 Å². The van der Waals surface area contributed by atoms with Crippen molar-refractivity contribution in [1.82, 2.24) is 4.90 Å². The number of piperazine rings is 1. The maximum absolute atomic E-state index is 12.8. The molecule has 0 unspecified atom stereocenters. The fraction of sp³-hybridized carbons (Fsp3) is 0.381. The highest BCUT2D eigenvalue weighted by atomic mass is 35.5. The number of nitrogens with zero attached hydrogens (tertiary/aromatic N) is 2. The summed E-state index contributed by atoms with van der Waals surface area (Å²) in [6.45, 7) is 7.05. The van der Waals surface area contributed by atoms with Gasteiger partial charge in [0.05, 0.1) is 29.5 Å². The zero-order chi connectivity index (χ0) is 20.3. The number of benzene rings is 2. The molecule has 0 bridgehead atoms. The van der Waals surface area contributed by atoms with Crippen LogP contribution in [0.15, 0.2) is 36.4 Å². The van der Waals surface area contributed by atoms with Crippen LogP contribution in [0.25, 0.3) is 0 Å². The van der Waals surface area contributed by atoms with Crippen LogP contribution >= 0.6 is 23.2 Å². The van der Waals surface area contributed by atoms with Gasteiger partial charge in [-0.3, -0.25) is 9.69 Å². The van der Waals surface area contributed by atoms with Crippen LogP contribution in [-0.2, 0) is 4.79 Å². The number of carbonyl (C=O) groups excluding carboxylic acids is 1. The quantitative estimate of drug-likeness (QED) is 0.773. The van der Waals surface area contributed by atoms with Crippen molar-refractivity contribution in [3.8, 4) is 5.75 Å². The third-order valence-corrected chi connectivity index (χ3v) is 5.90. The van der Waals surface area contributed by atoms with E-state index < -0.39 is 0 Å². The van der Waals surface area contributed by atoms with Crippen LogP contribution in [0.5, 0.6) is 5.75 Å². The van der Waals surface area contributed by atoms with Crippen LogP contribution in [0.3, 0.4) is 0 Å². The van der Waals surface area contributed by atoms with E-state index in [9.17, 15) is 4.79 Å². The molecule has 1 aliphatic heterocycles. The number of ether oxygens (including phenoxy) is 1. The fourth-order valence-corrected chi connectivity index (χ4v) is 3.80. The zero-order valence-electron chi connectivity index (χ0n) is 16.3. The summed E-state index contributed by atoms with van der Waals surface area (Å²) >= 11 is 12.5. The van der Waals surface area contributed by atoms with Crippen LogP contribution in [0.2, 0.25) is 10.0 Å². The number of hydrogen-bond donors (Lipinski definition) is 1. The third kappa shape index (κ3) is 4.54. The van der Waals surface area contributed by atoms with E-state index in [1.807, 2.05) is 44.2 Å². The lowest BCUT2D eigenvalue weighted by Gasteiger charge is -2.38. The van der Waals surface area contributed by atoms with Crippen LogP contribution < -0.4 is 15.0 Å². The second kappa shape index (κ2) is 9.03. The van der Waals surface area contributed by atoms with Crippen molar-refractivity contribution < 1.29 is 9.53 Å². The van der Waals surface area contributed by atoms with Crippen molar-refractivity contribution in [2.75, 3.05) is 43.5 Å². The Kier molecular flexibility index (Phi) is 6.70. The number of methoxy groups -OCH3 is 1. The molecule has 0 saturated carbocycles. The molecule has 7 heteroatoms. The van der Waals surface area contributed by atoms with Gasteiger partial charge in [-0.2, -0.15) is 0 Å². The Bertz CT molecular complexity index is 852. The molecule has 0 spiro atoms. The van der Waals surface area contributed by atoms with E-state index in [-0.39, 0.29) is 11.9 Å². The van der Waals surface area contributed by atoms with Gasteiger partial charge >= 0.3 is 0 Å². The van der Waals surface area contributed by atoms with Crippen molar-refractivity contribution in [3.63, 3.8) is 0 Å². The first kappa shape index (κ1) is 20.8. The van der Waals surface area contributed by atoms with Gasteiger partial charge < -0.3 is 15.0 Å². The second-order valence-corrected chi connectivity index (χ2v) is 7.76. The van der Waals surface area contributed by atoms with E-state index in [1.165, 1.54) is 0 Å². The van der Waals surface area contributed by atoms with Crippen LogP contribution in [0, 0.1) is 6.92 Å². The summed E-state index contributed by atoms with van der Waals surface area (Å²) in [7, 11) is 1.56. The van der Waals surface area contributed by atoms with Crippen molar-refractivity contribution >= 4 is 40.5 Å². The Labute approximate surface area is 176 Å².